The maximum absolute atomic E-state index is 13.3. The molecule has 0 radical (unpaired) electrons. The molecule has 0 aliphatic rings. The molecule has 5 heteroatoms. The lowest BCUT2D eigenvalue weighted by molar-refractivity contribution is -0.118. The molecule has 2 atom stereocenters. The Bertz CT molecular complexity index is 412. The highest BCUT2D eigenvalue weighted by atomic mass is 35.5. The number of amides is 1. The molecule has 1 aromatic carbocycles. The summed E-state index contributed by atoms with van der Waals surface area (Å²) in [5, 5.41) is 2.66. The second-order valence-corrected chi connectivity index (χ2v) is 4.31. The average molecular weight is 275 g/mol. The lowest BCUT2D eigenvalue weighted by atomic mass is 9.99. The van der Waals surface area contributed by atoms with Crippen LogP contribution in [0.3, 0.4) is 0 Å². The van der Waals surface area contributed by atoms with Gasteiger partial charge in [0.2, 0.25) is 5.91 Å². The summed E-state index contributed by atoms with van der Waals surface area (Å²) >= 11 is 0. The van der Waals surface area contributed by atoms with Gasteiger partial charge in [0.25, 0.3) is 0 Å². The minimum atomic E-state index is -0.567. The second kappa shape index (κ2) is 7.34. The van der Waals surface area contributed by atoms with E-state index in [1.165, 1.54) is 6.07 Å². The van der Waals surface area contributed by atoms with E-state index < -0.39 is 6.04 Å². The van der Waals surface area contributed by atoms with Crippen molar-refractivity contribution < 1.29 is 9.18 Å². The SMILES string of the molecule is CCC(C)C(N)C(=O)Nc1cccc(F)c1C.Cl. The van der Waals surface area contributed by atoms with Gasteiger partial charge in [0.05, 0.1) is 6.04 Å². The summed E-state index contributed by atoms with van der Waals surface area (Å²) in [5.74, 6) is -0.503. The summed E-state index contributed by atoms with van der Waals surface area (Å²) in [4.78, 5) is 11.8. The fourth-order valence-electron chi connectivity index (χ4n) is 1.47. The molecule has 1 amide bonds. The van der Waals surface area contributed by atoms with Gasteiger partial charge in [-0.1, -0.05) is 26.3 Å². The molecular weight excluding hydrogens is 255 g/mol. The van der Waals surface area contributed by atoms with Crippen molar-refractivity contribution in [3.63, 3.8) is 0 Å². The third kappa shape index (κ3) is 3.96. The number of benzene rings is 1. The molecule has 1 rings (SSSR count). The first kappa shape index (κ1) is 16.9. The predicted octanol–water partition coefficient (Wildman–Crippen LogP) is 2.87. The predicted molar refractivity (Wildman–Crippen MR) is 74.4 cm³/mol. The normalized spacial score (nSPS) is 13.4. The molecule has 0 spiro atoms. The van der Waals surface area contributed by atoms with Crippen molar-refractivity contribution in [1.82, 2.24) is 0 Å². The number of anilines is 1. The monoisotopic (exact) mass is 274 g/mol. The highest BCUT2D eigenvalue weighted by Gasteiger charge is 2.20. The molecule has 0 aliphatic carbocycles. The minimum Gasteiger partial charge on any atom is -0.324 e. The van der Waals surface area contributed by atoms with Crippen molar-refractivity contribution in [2.75, 3.05) is 5.32 Å². The zero-order valence-electron chi connectivity index (χ0n) is 10.9. The van der Waals surface area contributed by atoms with E-state index in [9.17, 15) is 9.18 Å². The first-order valence-electron chi connectivity index (χ1n) is 5.79. The summed E-state index contributed by atoms with van der Waals surface area (Å²) in [5.41, 5.74) is 6.71. The fraction of sp³-hybridized carbons (Fsp3) is 0.462. The number of carbonyl (C=O) groups is 1. The second-order valence-electron chi connectivity index (χ2n) is 4.31. The standard InChI is InChI=1S/C13H19FN2O.ClH/c1-4-8(2)12(15)13(17)16-11-7-5-6-10(14)9(11)3;/h5-8,12H,4,15H2,1-3H3,(H,16,17);1H. The van der Waals surface area contributed by atoms with Gasteiger partial charge in [0.15, 0.2) is 0 Å². The zero-order valence-corrected chi connectivity index (χ0v) is 11.7. The smallest absolute Gasteiger partial charge is 0.241 e. The van der Waals surface area contributed by atoms with E-state index in [2.05, 4.69) is 5.32 Å². The zero-order chi connectivity index (χ0) is 13.0. The van der Waals surface area contributed by atoms with Crippen molar-refractivity contribution in [2.24, 2.45) is 11.7 Å². The molecule has 0 fully saturated rings. The molecule has 0 saturated carbocycles. The van der Waals surface area contributed by atoms with Crippen LogP contribution in [0.15, 0.2) is 18.2 Å². The van der Waals surface area contributed by atoms with Gasteiger partial charge in [0, 0.05) is 11.3 Å². The Morgan fingerprint density at radius 3 is 2.67 bits per heavy atom. The van der Waals surface area contributed by atoms with Gasteiger partial charge < -0.3 is 11.1 Å². The van der Waals surface area contributed by atoms with Crippen LogP contribution in [0.2, 0.25) is 0 Å². The molecule has 2 unspecified atom stereocenters. The molecule has 0 heterocycles. The van der Waals surface area contributed by atoms with E-state index in [1.54, 1.807) is 19.1 Å². The van der Waals surface area contributed by atoms with E-state index in [0.717, 1.165) is 6.42 Å². The molecule has 102 valence electrons. The van der Waals surface area contributed by atoms with Crippen LogP contribution in [0.5, 0.6) is 0 Å². The van der Waals surface area contributed by atoms with E-state index in [0.29, 0.717) is 11.3 Å². The molecule has 0 aliphatic heterocycles. The molecule has 0 aromatic heterocycles. The maximum atomic E-state index is 13.3. The molecular formula is C13H20ClFN2O. The summed E-state index contributed by atoms with van der Waals surface area (Å²) in [6, 6.07) is 4.02. The Morgan fingerprint density at radius 1 is 1.50 bits per heavy atom. The van der Waals surface area contributed by atoms with Crippen molar-refractivity contribution in [3.8, 4) is 0 Å². The van der Waals surface area contributed by atoms with Gasteiger partial charge in [-0.2, -0.15) is 0 Å². The van der Waals surface area contributed by atoms with Gasteiger partial charge in [-0.15, -0.1) is 12.4 Å². The first-order valence-corrected chi connectivity index (χ1v) is 5.79. The van der Waals surface area contributed by atoms with Crippen LogP contribution < -0.4 is 11.1 Å². The maximum Gasteiger partial charge on any atom is 0.241 e. The molecule has 0 saturated heterocycles. The van der Waals surface area contributed by atoms with Crippen molar-refractivity contribution >= 4 is 24.0 Å². The van der Waals surface area contributed by atoms with Gasteiger partial charge in [-0.05, 0) is 25.0 Å². The summed E-state index contributed by atoms with van der Waals surface area (Å²) < 4.78 is 13.3. The van der Waals surface area contributed by atoms with Crippen LogP contribution in [-0.2, 0) is 4.79 Å². The van der Waals surface area contributed by atoms with Crippen LogP contribution in [-0.4, -0.2) is 11.9 Å². The third-order valence-corrected chi connectivity index (χ3v) is 3.09. The fourth-order valence-corrected chi connectivity index (χ4v) is 1.47. The highest BCUT2D eigenvalue weighted by molar-refractivity contribution is 5.95. The largest absolute Gasteiger partial charge is 0.324 e. The van der Waals surface area contributed by atoms with Crippen LogP contribution in [0.4, 0.5) is 10.1 Å². The summed E-state index contributed by atoms with van der Waals surface area (Å²) in [6.07, 6.45) is 0.830. The number of carbonyl (C=O) groups excluding carboxylic acids is 1. The lowest BCUT2D eigenvalue weighted by Crippen LogP contribution is -2.40. The number of nitrogens with two attached hydrogens (primary N) is 1. The van der Waals surface area contributed by atoms with Gasteiger partial charge >= 0.3 is 0 Å². The summed E-state index contributed by atoms with van der Waals surface area (Å²) in [6.45, 7) is 5.52. The van der Waals surface area contributed by atoms with Gasteiger partial charge in [-0.25, -0.2) is 4.39 Å². The Kier molecular flexibility index (Phi) is 6.88. The van der Waals surface area contributed by atoms with E-state index in [-0.39, 0.29) is 30.0 Å². The first-order chi connectivity index (χ1) is 7.97. The van der Waals surface area contributed by atoms with Crippen molar-refractivity contribution in [3.05, 3.63) is 29.6 Å². The highest BCUT2D eigenvalue weighted by Crippen LogP contribution is 2.18. The summed E-state index contributed by atoms with van der Waals surface area (Å²) in [7, 11) is 0. The number of hydrogen-bond donors (Lipinski definition) is 2. The van der Waals surface area contributed by atoms with Crippen LogP contribution in [0, 0.1) is 18.7 Å². The Morgan fingerprint density at radius 2 is 2.11 bits per heavy atom. The van der Waals surface area contributed by atoms with Gasteiger partial charge in [-0.3, -0.25) is 4.79 Å². The Labute approximate surface area is 113 Å². The van der Waals surface area contributed by atoms with Crippen molar-refractivity contribution in [2.45, 2.75) is 33.2 Å². The molecule has 1 aromatic rings. The van der Waals surface area contributed by atoms with E-state index in [4.69, 9.17) is 5.73 Å². The minimum absolute atomic E-state index is 0. The quantitative estimate of drug-likeness (QED) is 0.887. The number of hydrogen-bond acceptors (Lipinski definition) is 2. The van der Waals surface area contributed by atoms with Crippen molar-refractivity contribution in [1.29, 1.82) is 0 Å². The van der Waals surface area contributed by atoms with Crippen LogP contribution in [0.25, 0.3) is 0 Å². The molecule has 3 N–H and O–H groups in total. The van der Waals surface area contributed by atoms with Crippen LogP contribution in [0.1, 0.15) is 25.8 Å². The number of halogens is 2. The lowest BCUT2D eigenvalue weighted by Gasteiger charge is -2.18. The molecule has 3 nitrogen and oxygen atoms in total. The average Bonchev–Trinajstić information content (AvgIpc) is 2.32. The molecule has 18 heavy (non-hydrogen) atoms. The Hall–Kier alpha value is -1.13. The van der Waals surface area contributed by atoms with E-state index in [1.807, 2.05) is 13.8 Å². The van der Waals surface area contributed by atoms with Gasteiger partial charge in [0.1, 0.15) is 5.82 Å². The number of nitrogens with one attached hydrogen (secondary N) is 1. The van der Waals surface area contributed by atoms with Crippen LogP contribution >= 0.6 is 12.4 Å². The topological polar surface area (TPSA) is 55.1 Å². The Balaban J connectivity index is 0.00000289. The number of rotatable bonds is 4. The van der Waals surface area contributed by atoms with E-state index >= 15 is 0 Å². The third-order valence-electron chi connectivity index (χ3n) is 3.09. The molecule has 0 bridgehead atoms.